The Morgan fingerprint density at radius 1 is 1.43 bits per heavy atom. The van der Waals surface area contributed by atoms with E-state index < -0.39 is 0 Å². The minimum Gasteiger partial charge on any atom is -0.322 e. The lowest BCUT2D eigenvalue weighted by Gasteiger charge is -2.27. The Morgan fingerprint density at radius 3 is 2.91 bits per heavy atom. The summed E-state index contributed by atoms with van der Waals surface area (Å²) in [7, 11) is 1.65. The molecule has 0 unspecified atom stereocenters. The Balaban J connectivity index is 1.66. The van der Waals surface area contributed by atoms with Crippen molar-refractivity contribution in [1.82, 2.24) is 24.9 Å². The van der Waals surface area contributed by atoms with E-state index in [4.69, 9.17) is 0 Å². The van der Waals surface area contributed by atoms with Crippen LogP contribution >= 0.6 is 0 Å². The molecule has 0 fully saturated rings. The van der Waals surface area contributed by atoms with Crippen LogP contribution in [-0.4, -0.2) is 43.9 Å². The Morgan fingerprint density at radius 2 is 2.22 bits per heavy atom. The first-order chi connectivity index (χ1) is 10.9. The zero-order chi connectivity index (χ0) is 16.6. The highest BCUT2D eigenvalue weighted by atomic mass is 16.2. The number of H-pyrrole nitrogens is 1. The number of hydrogen-bond donors (Lipinski definition) is 2. The molecule has 0 radical (unpaired) electrons. The van der Waals surface area contributed by atoms with Crippen LogP contribution in [0.15, 0.2) is 10.9 Å². The van der Waals surface area contributed by atoms with E-state index in [-0.39, 0.29) is 18.0 Å². The van der Waals surface area contributed by atoms with Crippen LogP contribution in [0.5, 0.6) is 0 Å². The second-order valence-corrected chi connectivity index (χ2v) is 5.90. The van der Waals surface area contributed by atoms with E-state index in [1.54, 1.807) is 13.1 Å². The van der Waals surface area contributed by atoms with Crippen LogP contribution in [0.4, 0.5) is 5.69 Å². The van der Waals surface area contributed by atoms with Gasteiger partial charge in [-0.1, -0.05) is 0 Å². The standard InChI is InChI=1S/C15H20N6O2/c1-9-15(10(2)18-17-9)16-13(22)8-21-5-4-12-11(7-21)6-14(23)20(3)19-12/h6H,4-5,7-8H2,1-3H3,(H,16,22)(H,17,18). The maximum atomic E-state index is 12.2. The molecule has 0 aliphatic carbocycles. The van der Waals surface area contributed by atoms with Crippen LogP contribution in [0, 0.1) is 13.8 Å². The number of carbonyl (C=O) groups is 1. The maximum Gasteiger partial charge on any atom is 0.266 e. The highest BCUT2D eigenvalue weighted by molar-refractivity contribution is 5.93. The number of fused-ring (bicyclic) bond motifs is 1. The molecule has 1 aliphatic rings. The number of aryl methyl sites for hydroxylation is 3. The van der Waals surface area contributed by atoms with Gasteiger partial charge in [0.15, 0.2) is 0 Å². The van der Waals surface area contributed by atoms with Gasteiger partial charge in [0.05, 0.1) is 29.3 Å². The van der Waals surface area contributed by atoms with Crippen molar-refractivity contribution in [3.05, 3.63) is 39.1 Å². The number of anilines is 1. The third kappa shape index (κ3) is 3.16. The lowest BCUT2D eigenvalue weighted by atomic mass is 10.1. The predicted octanol–water partition coefficient (Wildman–Crippen LogP) is 0.117. The maximum absolute atomic E-state index is 12.2. The smallest absolute Gasteiger partial charge is 0.266 e. The number of amides is 1. The summed E-state index contributed by atoms with van der Waals surface area (Å²) in [6.45, 7) is 5.30. The van der Waals surface area contributed by atoms with Crippen LogP contribution in [-0.2, 0) is 24.8 Å². The van der Waals surface area contributed by atoms with E-state index in [9.17, 15) is 9.59 Å². The summed E-state index contributed by atoms with van der Waals surface area (Å²) >= 11 is 0. The molecule has 2 N–H and O–H groups in total. The Labute approximate surface area is 133 Å². The highest BCUT2D eigenvalue weighted by Crippen LogP contribution is 2.17. The molecule has 0 spiro atoms. The van der Waals surface area contributed by atoms with Gasteiger partial charge in [-0.05, 0) is 19.4 Å². The summed E-state index contributed by atoms with van der Waals surface area (Å²) < 4.78 is 1.35. The molecule has 8 nitrogen and oxygen atoms in total. The van der Waals surface area contributed by atoms with Crippen molar-refractivity contribution in [3.63, 3.8) is 0 Å². The van der Waals surface area contributed by atoms with E-state index in [0.717, 1.165) is 41.3 Å². The second-order valence-electron chi connectivity index (χ2n) is 5.90. The molecule has 2 aromatic heterocycles. The first-order valence-corrected chi connectivity index (χ1v) is 7.54. The van der Waals surface area contributed by atoms with Gasteiger partial charge in [0.1, 0.15) is 0 Å². The van der Waals surface area contributed by atoms with Crippen LogP contribution in [0.2, 0.25) is 0 Å². The topological polar surface area (TPSA) is 95.9 Å². The minimum atomic E-state index is -0.125. The highest BCUT2D eigenvalue weighted by Gasteiger charge is 2.21. The molecule has 3 heterocycles. The van der Waals surface area contributed by atoms with E-state index in [1.165, 1.54) is 4.68 Å². The number of nitrogens with zero attached hydrogens (tertiary/aromatic N) is 4. The fraction of sp³-hybridized carbons (Fsp3) is 0.467. The Bertz CT molecular complexity index is 787. The SMILES string of the molecule is Cc1n[nH]c(C)c1NC(=O)CN1CCc2nn(C)c(=O)cc2C1. The van der Waals surface area contributed by atoms with E-state index in [1.807, 2.05) is 18.7 Å². The summed E-state index contributed by atoms with van der Waals surface area (Å²) in [6.07, 6.45) is 0.737. The van der Waals surface area contributed by atoms with Crippen molar-refractivity contribution in [2.75, 3.05) is 18.4 Å². The summed E-state index contributed by atoms with van der Waals surface area (Å²) in [6, 6.07) is 1.61. The molecule has 0 bridgehead atoms. The first kappa shape index (κ1) is 15.4. The van der Waals surface area contributed by atoms with E-state index in [2.05, 4.69) is 20.6 Å². The number of hydrogen-bond acceptors (Lipinski definition) is 5. The quantitative estimate of drug-likeness (QED) is 0.838. The predicted molar refractivity (Wildman–Crippen MR) is 85.2 cm³/mol. The van der Waals surface area contributed by atoms with Crippen molar-refractivity contribution in [1.29, 1.82) is 0 Å². The van der Waals surface area contributed by atoms with Crippen LogP contribution in [0.1, 0.15) is 22.6 Å². The minimum absolute atomic E-state index is 0.0853. The van der Waals surface area contributed by atoms with Gasteiger partial charge >= 0.3 is 0 Å². The second kappa shape index (κ2) is 5.96. The molecule has 0 aromatic carbocycles. The van der Waals surface area contributed by atoms with Crippen molar-refractivity contribution in [2.24, 2.45) is 7.05 Å². The lowest BCUT2D eigenvalue weighted by molar-refractivity contribution is -0.117. The van der Waals surface area contributed by atoms with Gasteiger partial charge in [-0.2, -0.15) is 10.2 Å². The van der Waals surface area contributed by atoms with Crippen LogP contribution < -0.4 is 10.9 Å². The van der Waals surface area contributed by atoms with Gasteiger partial charge < -0.3 is 5.32 Å². The van der Waals surface area contributed by atoms with Gasteiger partial charge in [0.25, 0.3) is 5.56 Å². The lowest BCUT2D eigenvalue weighted by Crippen LogP contribution is -2.39. The average Bonchev–Trinajstić information content (AvgIpc) is 2.80. The largest absolute Gasteiger partial charge is 0.322 e. The molecule has 3 rings (SSSR count). The number of rotatable bonds is 3. The molecule has 1 aliphatic heterocycles. The van der Waals surface area contributed by atoms with Gasteiger partial charge in [0.2, 0.25) is 5.91 Å². The van der Waals surface area contributed by atoms with Gasteiger partial charge in [-0.25, -0.2) is 4.68 Å². The Hall–Kier alpha value is -2.48. The van der Waals surface area contributed by atoms with Gasteiger partial charge in [-0.15, -0.1) is 0 Å². The van der Waals surface area contributed by atoms with Crippen molar-refractivity contribution in [3.8, 4) is 0 Å². The van der Waals surface area contributed by atoms with Gasteiger partial charge in [-0.3, -0.25) is 19.6 Å². The molecule has 1 amide bonds. The molecular formula is C15H20N6O2. The van der Waals surface area contributed by atoms with E-state index >= 15 is 0 Å². The molecule has 23 heavy (non-hydrogen) atoms. The fourth-order valence-corrected chi connectivity index (χ4v) is 2.80. The zero-order valence-corrected chi connectivity index (χ0v) is 13.5. The van der Waals surface area contributed by atoms with Gasteiger partial charge in [0, 0.05) is 32.6 Å². The summed E-state index contributed by atoms with van der Waals surface area (Å²) in [5.74, 6) is -0.0853. The molecule has 0 saturated heterocycles. The molecule has 122 valence electrons. The normalized spacial score (nSPS) is 14.6. The summed E-state index contributed by atoms with van der Waals surface area (Å²) in [4.78, 5) is 26.0. The zero-order valence-electron chi connectivity index (χ0n) is 13.5. The van der Waals surface area contributed by atoms with Crippen molar-refractivity contribution in [2.45, 2.75) is 26.8 Å². The van der Waals surface area contributed by atoms with Crippen molar-refractivity contribution < 1.29 is 4.79 Å². The van der Waals surface area contributed by atoms with Crippen molar-refractivity contribution >= 4 is 11.6 Å². The summed E-state index contributed by atoms with van der Waals surface area (Å²) in [5.41, 5.74) is 4.07. The third-order valence-corrected chi connectivity index (χ3v) is 4.08. The molecule has 0 atom stereocenters. The number of aromatic amines is 1. The number of aromatic nitrogens is 4. The first-order valence-electron chi connectivity index (χ1n) is 7.54. The molecule has 2 aromatic rings. The van der Waals surface area contributed by atoms with Crippen LogP contribution in [0.25, 0.3) is 0 Å². The number of carbonyl (C=O) groups excluding carboxylic acids is 1. The average molecular weight is 316 g/mol. The van der Waals surface area contributed by atoms with E-state index in [0.29, 0.717) is 6.54 Å². The van der Waals surface area contributed by atoms with Crippen LogP contribution in [0.3, 0.4) is 0 Å². The molecule has 8 heteroatoms. The number of nitrogens with one attached hydrogen (secondary N) is 2. The summed E-state index contributed by atoms with van der Waals surface area (Å²) in [5, 5.41) is 14.1. The molecule has 0 saturated carbocycles. The molecular weight excluding hydrogens is 296 g/mol. The fourth-order valence-electron chi connectivity index (χ4n) is 2.80. The monoisotopic (exact) mass is 316 g/mol. The Kier molecular flexibility index (Phi) is 3.99. The third-order valence-electron chi connectivity index (χ3n) is 4.08.